The minimum Gasteiger partial charge on any atom is -0.438 e. The number of nitrogens with zero attached hydrogens (tertiary/aromatic N) is 3. The highest BCUT2D eigenvalue weighted by Crippen LogP contribution is 2.31. The fraction of sp³-hybridized carbons (Fsp3) is 0.105. The van der Waals surface area contributed by atoms with Crippen LogP contribution >= 0.6 is 15.9 Å². The zero-order chi connectivity index (χ0) is 17.8. The standard InChI is InChI=1S/C19H15BrN4O/c1-12-9-15(20)10-13(2)18(12)25-17-7-8-22-19(24-17)23-16-5-3-14(11-21)4-6-16/h3-10H,1-2H3,(H,22,23,24). The van der Waals surface area contributed by atoms with Gasteiger partial charge in [-0.3, -0.25) is 0 Å². The molecule has 0 fully saturated rings. The molecule has 0 radical (unpaired) electrons. The highest BCUT2D eigenvalue weighted by Gasteiger charge is 2.09. The molecule has 0 bridgehead atoms. The summed E-state index contributed by atoms with van der Waals surface area (Å²) in [5.74, 6) is 1.67. The second kappa shape index (κ2) is 7.32. The average Bonchev–Trinajstić information content (AvgIpc) is 2.59. The molecule has 25 heavy (non-hydrogen) atoms. The van der Waals surface area contributed by atoms with Crippen LogP contribution in [-0.4, -0.2) is 9.97 Å². The van der Waals surface area contributed by atoms with E-state index in [1.54, 1.807) is 36.5 Å². The Kier molecular flexibility index (Phi) is 4.96. The van der Waals surface area contributed by atoms with Gasteiger partial charge in [0, 0.05) is 22.4 Å². The van der Waals surface area contributed by atoms with Crippen molar-refractivity contribution in [3.05, 3.63) is 69.8 Å². The van der Waals surface area contributed by atoms with Crippen LogP contribution in [0.25, 0.3) is 0 Å². The predicted octanol–water partition coefficient (Wildman–Crippen LogP) is 5.26. The fourth-order valence-corrected chi connectivity index (χ4v) is 3.07. The highest BCUT2D eigenvalue weighted by atomic mass is 79.9. The summed E-state index contributed by atoms with van der Waals surface area (Å²) in [6.07, 6.45) is 1.64. The first-order valence-corrected chi connectivity index (χ1v) is 8.39. The van der Waals surface area contributed by atoms with Gasteiger partial charge < -0.3 is 10.1 Å². The van der Waals surface area contributed by atoms with Crippen LogP contribution in [0.5, 0.6) is 11.6 Å². The van der Waals surface area contributed by atoms with Gasteiger partial charge >= 0.3 is 0 Å². The molecule has 1 heterocycles. The number of aromatic nitrogens is 2. The molecule has 0 amide bonds. The second-order valence-electron chi connectivity index (χ2n) is 5.50. The molecule has 3 rings (SSSR count). The molecule has 0 atom stereocenters. The number of nitriles is 1. The summed E-state index contributed by atoms with van der Waals surface area (Å²) in [6, 6.07) is 14.9. The lowest BCUT2D eigenvalue weighted by Crippen LogP contribution is -1.99. The van der Waals surface area contributed by atoms with Gasteiger partial charge in [-0.05, 0) is 61.4 Å². The molecule has 0 spiro atoms. The third-order valence-electron chi connectivity index (χ3n) is 3.53. The van der Waals surface area contributed by atoms with Crippen molar-refractivity contribution in [2.45, 2.75) is 13.8 Å². The van der Waals surface area contributed by atoms with E-state index in [4.69, 9.17) is 10.00 Å². The molecular weight excluding hydrogens is 380 g/mol. The number of anilines is 2. The van der Waals surface area contributed by atoms with Crippen molar-refractivity contribution in [2.24, 2.45) is 0 Å². The predicted molar refractivity (Wildman–Crippen MR) is 100 cm³/mol. The molecule has 0 aliphatic heterocycles. The summed E-state index contributed by atoms with van der Waals surface area (Å²) in [5.41, 5.74) is 3.44. The lowest BCUT2D eigenvalue weighted by molar-refractivity contribution is 0.455. The van der Waals surface area contributed by atoms with E-state index in [-0.39, 0.29) is 0 Å². The number of aryl methyl sites for hydroxylation is 2. The Bertz CT molecular complexity index is 925. The van der Waals surface area contributed by atoms with E-state index in [0.29, 0.717) is 17.4 Å². The Morgan fingerprint density at radius 3 is 2.40 bits per heavy atom. The van der Waals surface area contributed by atoms with Gasteiger partial charge in [-0.25, -0.2) is 4.98 Å². The minimum absolute atomic E-state index is 0.426. The summed E-state index contributed by atoms with van der Waals surface area (Å²) < 4.78 is 6.97. The largest absolute Gasteiger partial charge is 0.438 e. The number of rotatable bonds is 4. The molecule has 124 valence electrons. The van der Waals surface area contributed by atoms with Crippen molar-refractivity contribution in [2.75, 3.05) is 5.32 Å². The molecule has 3 aromatic rings. The Morgan fingerprint density at radius 1 is 1.08 bits per heavy atom. The summed E-state index contributed by atoms with van der Waals surface area (Å²) in [5, 5.41) is 11.9. The zero-order valence-corrected chi connectivity index (χ0v) is 15.3. The van der Waals surface area contributed by atoms with E-state index in [1.807, 2.05) is 26.0 Å². The number of nitrogens with one attached hydrogen (secondary N) is 1. The van der Waals surface area contributed by atoms with Gasteiger partial charge in [0.25, 0.3) is 0 Å². The van der Waals surface area contributed by atoms with Gasteiger partial charge in [0.1, 0.15) is 5.75 Å². The maximum absolute atomic E-state index is 8.84. The van der Waals surface area contributed by atoms with E-state index >= 15 is 0 Å². The molecule has 0 aliphatic rings. The average molecular weight is 395 g/mol. The number of halogens is 1. The summed E-state index contributed by atoms with van der Waals surface area (Å²) in [7, 11) is 0. The molecule has 0 unspecified atom stereocenters. The van der Waals surface area contributed by atoms with Crippen LogP contribution in [0.1, 0.15) is 16.7 Å². The zero-order valence-electron chi connectivity index (χ0n) is 13.7. The van der Waals surface area contributed by atoms with Crippen LogP contribution in [0.3, 0.4) is 0 Å². The molecule has 0 aliphatic carbocycles. The van der Waals surface area contributed by atoms with Gasteiger partial charge in [0.05, 0.1) is 11.6 Å². The Balaban J connectivity index is 1.81. The van der Waals surface area contributed by atoms with Gasteiger partial charge in [-0.15, -0.1) is 0 Å². The molecule has 0 saturated carbocycles. The molecule has 0 saturated heterocycles. The first-order valence-electron chi connectivity index (χ1n) is 7.60. The van der Waals surface area contributed by atoms with E-state index in [0.717, 1.165) is 27.0 Å². The molecule has 5 nitrogen and oxygen atoms in total. The van der Waals surface area contributed by atoms with Gasteiger partial charge in [-0.2, -0.15) is 10.2 Å². The third-order valence-corrected chi connectivity index (χ3v) is 3.99. The minimum atomic E-state index is 0.426. The number of ether oxygens (including phenoxy) is 1. The second-order valence-corrected chi connectivity index (χ2v) is 6.42. The number of hydrogen-bond acceptors (Lipinski definition) is 5. The van der Waals surface area contributed by atoms with E-state index in [1.165, 1.54) is 0 Å². The van der Waals surface area contributed by atoms with E-state index < -0.39 is 0 Å². The van der Waals surface area contributed by atoms with Gasteiger partial charge in [0.2, 0.25) is 11.8 Å². The summed E-state index contributed by atoms with van der Waals surface area (Å²) >= 11 is 3.48. The normalized spacial score (nSPS) is 10.2. The summed E-state index contributed by atoms with van der Waals surface area (Å²) in [4.78, 5) is 8.59. The topological polar surface area (TPSA) is 70.8 Å². The van der Waals surface area contributed by atoms with Crippen LogP contribution in [0.2, 0.25) is 0 Å². The van der Waals surface area contributed by atoms with Crippen molar-refractivity contribution in [1.29, 1.82) is 5.26 Å². The van der Waals surface area contributed by atoms with Crippen LogP contribution in [0.4, 0.5) is 11.6 Å². The Hall–Kier alpha value is -2.91. The third kappa shape index (κ3) is 4.14. The van der Waals surface area contributed by atoms with E-state index in [2.05, 4.69) is 37.3 Å². The Labute approximate surface area is 154 Å². The molecule has 1 N–H and O–H groups in total. The van der Waals surface area contributed by atoms with Crippen molar-refractivity contribution < 1.29 is 4.74 Å². The van der Waals surface area contributed by atoms with Crippen LogP contribution in [0.15, 0.2) is 53.1 Å². The first-order chi connectivity index (χ1) is 12.0. The number of benzene rings is 2. The highest BCUT2D eigenvalue weighted by molar-refractivity contribution is 9.10. The lowest BCUT2D eigenvalue weighted by atomic mass is 10.1. The molecule has 6 heteroatoms. The first kappa shape index (κ1) is 16.9. The SMILES string of the molecule is Cc1cc(Br)cc(C)c1Oc1ccnc(Nc2ccc(C#N)cc2)n1. The molecule has 2 aromatic carbocycles. The maximum Gasteiger partial charge on any atom is 0.230 e. The van der Waals surface area contributed by atoms with Gasteiger partial charge in [0.15, 0.2) is 0 Å². The monoisotopic (exact) mass is 394 g/mol. The van der Waals surface area contributed by atoms with Crippen molar-refractivity contribution in [3.63, 3.8) is 0 Å². The molecule has 1 aromatic heterocycles. The quantitative estimate of drug-likeness (QED) is 0.652. The van der Waals surface area contributed by atoms with Crippen LogP contribution in [0, 0.1) is 25.2 Å². The van der Waals surface area contributed by atoms with Crippen molar-refractivity contribution in [3.8, 4) is 17.7 Å². The fourth-order valence-electron chi connectivity index (χ4n) is 2.38. The van der Waals surface area contributed by atoms with E-state index in [9.17, 15) is 0 Å². The smallest absolute Gasteiger partial charge is 0.230 e. The lowest BCUT2D eigenvalue weighted by Gasteiger charge is -2.12. The Morgan fingerprint density at radius 2 is 1.76 bits per heavy atom. The summed E-state index contributed by atoms with van der Waals surface area (Å²) in [6.45, 7) is 3.98. The van der Waals surface area contributed by atoms with Crippen molar-refractivity contribution in [1.82, 2.24) is 9.97 Å². The van der Waals surface area contributed by atoms with Crippen molar-refractivity contribution >= 4 is 27.6 Å². The van der Waals surface area contributed by atoms with Crippen LogP contribution in [-0.2, 0) is 0 Å². The van der Waals surface area contributed by atoms with Crippen LogP contribution < -0.4 is 10.1 Å². The number of hydrogen-bond donors (Lipinski definition) is 1. The maximum atomic E-state index is 8.84. The van der Waals surface area contributed by atoms with Gasteiger partial charge in [-0.1, -0.05) is 15.9 Å². The molecular formula is C19H15BrN4O.